The number of rotatable bonds is 4. The molecule has 0 amide bonds. The zero-order valence-electron chi connectivity index (χ0n) is 11.3. The first-order valence-corrected chi connectivity index (χ1v) is 8.67. The maximum atomic E-state index is 12.4. The minimum absolute atomic E-state index is 0.0963. The fourth-order valence-corrected chi connectivity index (χ4v) is 3.65. The standard InChI is InChI=1S/C14H16N2O2S2/c1-10-7-8-14(11(15)9-10)20(17,18)16-12-5-3-4-6-13(12)19-2/h3-9,16H,15H2,1-2H3. The van der Waals surface area contributed by atoms with Crippen LogP contribution in [0.5, 0.6) is 0 Å². The van der Waals surface area contributed by atoms with Crippen LogP contribution < -0.4 is 10.5 Å². The zero-order chi connectivity index (χ0) is 14.8. The summed E-state index contributed by atoms with van der Waals surface area (Å²) in [5.74, 6) is 0. The van der Waals surface area contributed by atoms with Gasteiger partial charge in [-0.15, -0.1) is 11.8 Å². The number of aryl methyl sites for hydroxylation is 1. The molecule has 2 aromatic rings. The lowest BCUT2D eigenvalue weighted by molar-refractivity contribution is 0.601. The van der Waals surface area contributed by atoms with Crippen molar-refractivity contribution in [1.82, 2.24) is 0 Å². The van der Waals surface area contributed by atoms with Gasteiger partial charge < -0.3 is 5.73 Å². The molecule has 0 saturated heterocycles. The van der Waals surface area contributed by atoms with Crippen molar-refractivity contribution in [2.24, 2.45) is 0 Å². The van der Waals surface area contributed by atoms with E-state index >= 15 is 0 Å². The lowest BCUT2D eigenvalue weighted by atomic mass is 10.2. The van der Waals surface area contributed by atoms with Crippen molar-refractivity contribution in [3.63, 3.8) is 0 Å². The molecule has 0 heterocycles. The number of nitrogen functional groups attached to an aromatic ring is 1. The predicted molar refractivity (Wildman–Crippen MR) is 84.6 cm³/mol. The third-order valence-corrected chi connectivity index (χ3v) is 5.04. The summed E-state index contributed by atoms with van der Waals surface area (Å²) < 4.78 is 27.4. The first-order valence-electron chi connectivity index (χ1n) is 5.96. The predicted octanol–water partition coefficient (Wildman–Crippen LogP) is 3.10. The maximum Gasteiger partial charge on any atom is 0.263 e. The molecule has 0 saturated carbocycles. The molecule has 0 unspecified atom stereocenters. The molecule has 0 bridgehead atoms. The van der Waals surface area contributed by atoms with E-state index in [1.165, 1.54) is 17.8 Å². The van der Waals surface area contributed by atoms with Gasteiger partial charge >= 0.3 is 0 Å². The van der Waals surface area contributed by atoms with Gasteiger partial charge in [0.15, 0.2) is 0 Å². The lowest BCUT2D eigenvalue weighted by Gasteiger charge is -2.13. The molecule has 106 valence electrons. The van der Waals surface area contributed by atoms with Crippen LogP contribution in [0, 0.1) is 6.92 Å². The average Bonchev–Trinajstić information content (AvgIpc) is 2.38. The molecule has 4 nitrogen and oxygen atoms in total. The summed E-state index contributed by atoms with van der Waals surface area (Å²) >= 11 is 1.48. The van der Waals surface area contributed by atoms with Gasteiger partial charge in [-0.3, -0.25) is 4.72 Å². The highest BCUT2D eigenvalue weighted by Crippen LogP contribution is 2.28. The number of nitrogens with two attached hydrogens (primary N) is 1. The fraction of sp³-hybridized carbons (Fsp3) is 0.143. The second kappa shape index (κ2) is 5.76. The highest BCUT2D eigenvalue weighted by atomic mass is 32.2. The monoisotopic (exact) mass is 308 g/mol. The highest BCUT2D eigenvalue weighted by Gasteiger charge is 2.18. The van der Waals surface area contributed by atoms with E-state index in [1.54, 1.807) is 24.3 Å². The third kappa shape index (κ3) is 3.08. The Labute approximate surface area is 123 Å². The molecule has 6 heteroatoms. The van der Waals surface area contributed by atoms with Crippen LogP contribution in [0.2, 0.25) is 0 Å². The summed E-state index contributed by atoms with van der Waals surface area (Å²) in [6.07, 6.45) is 1.90. The van der Waals surface area contributed by atoms with Crippen molar-refractivity contribution in [1.29, 1.82) is 0 Å². The van der Waals surface area contributed by atoms with Gasteiger partial charge in [-0.25, -0.2) is 8.42 Å². The molecule has 2 aromatic carbocycles. The van der Waals surface area contributed by atoms with Gasteiger partial charge in [0, 0.05) is 4.90 Å². The normalized spacial score (nSPS) is 11.3. The second-order valence-electron chi connectivity index (χ2n) is 4.35. The van der Waals surface area contributed by atoms with Crippen LogP contribution in [0.4, 0.5) is 11.4 Å². The smallest absolute Gasteiger partial charge is 0.263 e. The summed E-state index contributed by atoms with van der Waals surface area (Å²) in [4.78, 5) is 0.959. The van der Waals surface area contributed by atoms with Gasteiger partial charge in [0.1, 0.15) is 4.90 Å². The van der Waals surface area contributed by atoms with E-state index in [1.807, 2.05) is 25.3 Å². The molecule has 0 aliphatic rings. The van der Waals surface area contributed by atoms with Crippen LogP contribution in [0.15, 0.2) is 52.3 Å². The van der Waals surface area contributed by atoms with Gasteiger partial charge in [0.05, 0.1) is 11.4 Å². The largest absolute Gasteiger partial charge is 0.398 e. The van der Waals surface area contributed by atoms with Crippen LogP contribution in [0.25, 0.3) is 0 Å². The third-order valence-electron chi connectivity index (χ3n) is 2.81. The van der Waals surface area contributed by atoms with Gasteiger partial charge in [-0.05, 0) is 43.0 Å². The summed E-state index contributed by atoms with van der Waals surface area (Å²) in [6, 6.07) is 12.1. The molecular formula is C14H16N2O2S2. The maximum absolute atomic E-state index is 12.4. The Bertz CT molecular complexity index is 728. The van der Waals surface area contributed by atoms with E-state index in [0.29, 0.717) is 5.69 Å². The highest BCUT2D eigenvalue weighted by molar-refractivity contribution is 7.99. The number of nitrogens with one attached hydrogen (secondary N) is 1. The molecule has 0 aliphatic carbocycles. The summed E-state index contributed by atoms with van der Waals surface area (Å²) in [5.41, 5.74) is 7.53. The Morgan fingerprint density at radius 3 is 2.50 bits per heavy atom. The number of para-hydroxylation sites is 1. The van der Waals surface area contributed by atoms with E-state index in [2.05, 4.69) is 4.72 Å². The summed E-state index contributed by atoms with van der Waals surface area (Å²) in [5, 5.41) is 0. The van der Waals surface area contributed by atoms with E-state index in [-0.39, 0.29) is 10.6 Å². The van der Waals surface area contributed by atoms with Crippen LogP contribution in [-0.4, -0.2) is 14.7 Å². The second-order valence-corrected chi connectivity index (χ2v) is 6.85. The van der Waals surface area contributed by atoms with E-state index in [9.17, 15) is 8.42 Å². The molecule has 2 rings (SSSR count). The van der Waals surface area contributed by atoms with E-state index in [0.717, 1.165) is 10.5 Å². The fourth-order valence-electron chi connectivity index (χ4n) is 1.84. The molecular weight excluding hydrogens is 292 g/mol. The van der Waals surface area contributed by atoms with E-state index < -0.39 is 10.0 Å². The van der Waals surface area contributed by atoms with Crippen molar-refractivity contribution in [3.8, 4) is 0 Å². The average molecular weight is 308 g/mol. The number of sulfonamides is 1. The van der Waals surface area contributed by atoms with Crippen molar-refractivity contribution < 1.29 is 8.42 Å². The number of anilines is 2. The van der Waals surface area contributed by atoms with Gasteiger partial charge in [0.25, 0.3) is 10.0 Å². The minimum atomic E-state index is -3.68. The van der Waals surface area contributed by atoms with E-state index in [4.69, 9.17) is 5.73 Å². The van der Waals surface area contributed by atoms with Crippen molar-refractivity contribution in [3.05, 3.63) is 48.0 Å². The Kier molecular flexibility index (Phi) is 4.25. The SMILES string of the molecule is CSc1ccccc1NS(=O)(=O)c1ccc(C)cc1N. The Balaban J connectivity index is 2.41. The number of benzene rings is 2. The first kappa shape index (κ1) is 14.7. The van der Waals surface area contributed by atoms with Crippen molar-refractivity contribution >= 4 is 33.2 Å². The number of thioether (sulfide) groups is 1. The minimum Gasteiger partial charge on any atom is -0.398 e. The van der Waals surface area contributed by atoms with Crippen LogP contribution >= 0.6 is 11.8 Å². The molecule has 20 heavy (non-hydrogen) atoms. The Morgan fingerprint density at radius 1 is 1.15 bits per heavy atom. The van der Waals surface area contributed by atoms with Crippen molar-refractivity contribution in [2.45, 2.75) is 16.7 Å². The van der Waals surface area contributed by atoms with Gasteiger partial charge in [0.2, 0.25) is 0 Å². The van der Waals surface area contributed by atoms with Gasteiger partial charge in [-0.1, -0.05) is 18.2 Å². The lowest BCUT2D eigenvalue weighted by Crippen LogP contribution is -2.15. The molecule has 0 spiro atoms. The summed E-state index contributed by atoms with van der Waals surface area (Å²) in [7, 11) is -3.68. The first-order chi connectivity index (χ1) is 9.44. The number of hydrogen-bond acceptors (Lipinski definition) is 4. The molecule has 0 fully saturated rings. The van der Waals surface area contributed by atoms with Crippen LogP contribution in [0.1, 0.15) is 5.56 Å². The Morgan fingerprint density at radius 2 is 1.85 bits per heavy atom. The molecule has 3 N–H and O–H groups in total. The molecule has 0 aliphatic heterocycles. The van der Waals surface area contributed by atoms with Crippen LogP contribution in [0.3, 0.4) is 0 Å². The quantitative estimate of drug-likeness (QED) is 0.672. The van der Waals surface area contributed by atoms with Crippen molar-refractivity contribution in [2.75, 3.05) is 16.7 Å². The van der Waals surface area contributed by atoms with Gasteiger partial charge in [-0.2, -0.15) is 0 Å². The Hall–Kier alpha value is -1.66. The molecule has 0 atom stereocenters. The zero-order valence-corrected chi connectivity index (χ0v) is 12.9. The van der Waals surface area contributed by atoms with Crippen LogP contribution in [-0.2, 0) is 10.0 Å². The molecule has 0 aromatic heterocycles. The molecule has 0 radical (unpaired) electrons. The summed E-state index contributed by atoms with van der Waals surface area (Å²) in [6.45, 7) is 1.86. The topological polar surface area (TPSA) is 72.2 Å². The number of hydrogen-bond donors (Lipinski definition) is 2.